The summed E-state index contributed by atoms with van der Waals surface area (Å²) in [6.45, 7) is 0. The zero-order valence-electron chi connectivity index (χ0n) is 49.9. The van der Waals surface area contributed by atoms with Crippen LogP contribution < -0.4 is 23.0 Å². The molecule has 6 aliphatic rings. The molecule has 0 atom stereocenters. The quantitative estimate of drug-likeness (QED) is 0.137. The molecule has 9 heteroatoms. The Hall–Kier alpha value is -9.74. The fourth-order valence-electron chi connectivity index (χ4n) is 16.3. The number of aryl methyl sites for hydroxylation is 4. The van der Waals surface area contributed by atoms with E-state index in [0.29, 0.717) is 23.0 Å². The maximum absolute atomic E-state index is 17.8. The standard InChI is InChI=1S/C82H61NO6P2/c84-90(86-77-69(65-29-13-25-61(49-65)53-17-5-1-6-18-53)37-33-57-41-45-81(73(57)77)46-42-58-34-38-70(78(87-90)74(58)81)66-30-14-26-62(50-66)54-19-7-2-8-20-54)83-91(85)88-79-71(67-31-15-27-63(51-67)55-21-9-3-10-22-55)39-35-59-43-47-82(75(59)79)48-44-60-36-40-72(80(89-91)76(60)82)68-32-16-28-64(52-68)56-23-11-4-12-24-56/h1-40,49-52H,41-48H2,(H,83,84,85). The average Bonchev–Trinajstić information content (AvgIpc) is 1.58. The molecule has 0 aromatic heterocycles. The Morgan fingerprint density at radius 3 is 0.714 bits per heavy atom. The molecule has 12 aromatic carbocycles. The fourth-order valence-corrected chi connectivity index (χ4v) is 20.0. The van der Waals surface area contributed by atoms with Crippen molar-refractivity contribution in [2.45, 2.75) is 62.2 Å². The first-order valence-electron chi connectivity index (χ1n) is 31.8. The highest BCUT2D eigenvalue weighted by Crippen LogP contribution is 2.71. The van der Waals surface area contributed by atoms with Crippen LogP contribution in [0.1, 0.15) is 70.2 Å². The second-order valence-electron chi connectivity index (χ2n) is 25.3. The minimum Gasteiger partial charge on any atom is -0.403 e. The first-order chi connectivity index (χ1) is 44.7. The van der Waals surface area contributed by atoms with Crippen molar-refractivity contribution in [2.75, 3.05) is 0 Å². The average molecular weight is 1220 g/mol. The zero-order valence-corrected chi connectivity index (χ0v) is 51.7. The highest BCUT2D eigenvalue weighted by molar-refractivity contribution is 7.68. The van der Waals surface area contributed by atoms with Crippen LogP contribution >= 0.6 is 15.5 Å². The Bertz CT molecular complexity index is 4440. The highest BCUT2D eigenvalue weighted by Gasteiger charge is 2.58. The monoisotopic (exact) mass is 1220 g/mol. The lowest BCUT2D eigenvalue weighted by molar-refractivity contribution is 0.336. The van der Waals surface area contributed by atoms with E-state index in [9.17, 15) is 0 Å². The van der Waals surface area contributed by atoms with Gasteiger partial charge in [-0.25, -0.2) is 9.13 Å². The molecule has 2 aliphatic heterocycles. The van der Waals surface area contributed by atoms with Crippen molar-refractivity contribution < 1.29 is 27.2 Å². The Morgan fingerprint density at radius 1 is 0.253 bits per heavy atom. The van der Waals surface area contributed by atoms with Gasteiger partial charge in [0, 0.05) is 55.3 Å². The van der Waals surface area contributed by atoms with E-state index in [4.69, 9.17) is 18.1 Å². The molecule has 91 heavy (non-hydrogen) atoms. The molecule has 12 aromatic rings. The molecule has 18 rings (SSSR count). The first kappa shape index (κ1) is 54.2. The normalized spacial score (nSPS) is 17.7. The molecule has 2 spiro atoms. The minimum atomic E-state index is -5.07. The van der Waals surface area contributed by atoms with Crippen LogP contribution in [0.3, 0.4) is 0 Å². The summed E-state index contributed by atoms with van der Waals surface area (Å²) in [4.78, 5) is 3.21. The lowest BCUT2D eigenvalue weighted by Gasteiger charge is -2.38. The van der Waals surface area contributed by atoms with Crippen LogP contribution in [0.25, 0.3) is 89.0 Å². The van der Waals surface area contributed by atoms with Crippen molar-refractivity contribution in [2.24, 2.45) is 0 Å². The van der Waals surface area contributed by atoms with E-state index < -0.39 is 26.3 Å². The molecule has 2 heterocycles. The van der Waals surface area contributed by atoms with E-state index in [0.717, 1.165) is 185 Å². The number of hydrogen-bond acceptors (Lipinski definition) is 6. The van der Waals surface area contributed by atoms with Crippen molar-refractivity contribution in [3.05, 3.63) is 311 Å². The van der Waals surface area contributed by atoms with Crippen molar-refractivity contribution >= 4 is 15.5 Å². The predicted molar refractivity (Wildman–Crippen MR) is 365 cm³/mol. The largest absolute Gasteiger partial charge is 0.524 e. The van der Waals surface area contributed by atoms with Crippen LogP contribution in [0.5, 0.6) is 23.0 Å². The maximum atomic E-state index is 17.8. The third kappa shape index (κ3) is 8.81. The molecule has 4 aliphatic carbocycles. The molecule has 0 saturated heterocycles. The Labute approximate surface area is 530 Å². The van der Waals surface area contributed by atoms with Gasteiger partial charge in [-0.1, -0.05) is 248 Å². The fraction of sp³-hybridized carbons (Fsp3) is 0.122. The zero-order chi connectivity index (χ0) is 60.5. The summed E-state index contributed by atoms with van der Waals surface area (Å²) in [5.74, 6) is 1.73. The topological polar surface area (TPSA) is 83.1 Å². The summed E-state index contributed by atoms with van der Waals surface area (Å²) in [7, 11) is -10.1. The second-order valence-corrected chi connectivity index (χ2v) is 28.8. The third-order valence-corrected chi connectivity index (χ3v) is 24.0. The third-order valence-electron chi connectivity index (χ3n) is 20.4. The van der Waals surface area contributed by atoms with Gasteiger partial charge in [0.2, 0.25) is 0 Å². The molecule has 0 saturated carbocycles. The lowest BCUT2D eigenvalue weighted by atomic mass is 9.74. The minimum absolute atomic E-state index is 0.432. The summed E-state index contributed by atoms with van der Waals surface area (Å²) in [5, 5.41) is 0. The molecule has 0 unspecified atom stereocenters. The van der Waals surface area contributed by atoms with Gasteiger partial charge >= 0.3 is 15.5 Å². The van der Waals surface area contributed by atoms with E-state index in [1.807, 2.05) is 72.8 Å². The smallest absolute Gasteiger partial charge is 0.403 e. The van der Waals surface area contributed by atoms with Crippen LogP contribution in [0.15, 0.2) is 267 Å². The molecule has 0 fully saturated rings. The van der Waals surface area contributed by atoms with Crippen LogP contribution in [0.2, 0.25) is 0 Å². The van der Waals surface area contributed by atoms with Gasteiger partial charge in [-0.15, -0.1) is 0 Å². The van der Waals surface area contributed by atoms with E-state index in [1.54, 1.807) is 0 Å². The van der Waals surface area contributed by atoms with Gasteiger partial charge in [-0.05, 0) is 165 Å². The maximum Gasteiger partial charge on any atom is 0.524 e. The number of hydrogen-bond donors (Lipinski definition) is 1. The van der Waals surface area contributed by atoms with E-state index in [2.05, 4.69) is 199 Å². The molecule has 440 valence electrons. The predicted octanol–water partition coefficient (Wildman–Crippen LogP) is 21.4. The molecular weight excluding hydrogens is 1160 g/mol. The van der Waals surface area contributed by atoms with Gasteiger partial charge in [0.1, 0.15) is 23.0 Å². The second kappa shape index (κ2) is 20.9. The molecule has 0 amide bonds. The number of rotatable bonds is 10. The Morgan fingerprint density at radius 2 is 0.473 bits per heavy atom. The SMILES string of the molecule is O=P1(NP2(=O)Oc3c(-c4cccc(-c5ccccc5)c4)ccc4c3C3(CC4)CCc4ccc(-c5cccc(-c6ccccc6)c5)c(c43)O2)Oc2c(-c3cccc(-c4ccccc4)c3)ccc3c2C2(CC3)CCc3ccc(-c4cccc(-c5ccccc5)c4)c(c32)O1. The van der Waals surface area contributed by atoms with Crippen LogP contribution in [0, 0.1) is 0 Å². The summed E-state index contributed by atoms with van der Waals surface area (Å²) in [5.41, 5.74) is 22.2. The molecule has 0 bridgehead atoms. The Kier molecular flexibility index (Phi) is 12.5. The van der Waals surface area contributed by atoms with Crippen LogP contribution in [-0.2, 0) is 45.6 Å². The van der Waals surface area contributed by atoms with E-state index in [-0.39, 0.29) is 0 Å². The summed E-state index contributed by atoms with van der Waals surface area (Å²) >= 11 is 0. The van der Waals surface area contributed by atoms with Gasteiger partial charge in [-0.3, -0.25) is 0 Å². The van der Waals surface area contributed by atoms with Gasteiger partial charge in [0.25, 0.3) is 0 Å². The Balaban J connectivity index is 0.879. The van der Waals surface area contributed by atoms with Gasteiger partial charge in [-0.2, -0.15) is 0 Å². The molecule has 7 nitrogen and oxygen atoms in total. The van der Waals surface area contributed by atoms with Crippen molar-refractivity contribution in [1.82, 2.24) is 4.86 Å². The lowest BCUT2D eigenvalue weighted by Crippen LogP contribution is -2.30. The van der Waals surface area contributed by atoms with E-state index >= 15 is 9.13 Å². The summed E-state index contributed by atoms with van der Waals surface area (Å²) in [6.07, 6.45) is 6.28. The van der Waals surface area contributed by atoms with Crippen LogP contribution in [-0.4, -0.2) is 0 Å². The molecule has 0 radical (unpaired) electrons. The van der Waals surface area contributed by atoms with Crippen LogP contribution in [0.4, 0.5) is 0 Å². The number of nitrogens with one attached hydrogen (secondary N) is 1. The van der Waals surface area contributed by atoms with Gasteiger partial charge in [0.15, 0.2) is 0 Å². The van der Waals surface area contributed by atoms with Crippen molar-refractivity contribution in [3.8, 4) is 112 Å². The van der Waals surface area contributed by atoms with Gasteiger partial charge in [0.05, 0.1) is 0 Å². The molecular formula is C82H61NO6P2. The first-order valence-corrected chi connectivity index (χ1v) is 34.8. The molecule has 1 N–H and O–H groups in total. The number of benzene rings is 12. The van der Waals surface area contributed by atoms with Crippen molar-refractivity contribution in [3.63, 3.8) is 0 Å². The van der Waals surface area contributed by atoms with Crippen molar-refractivity contribution in [1.29, 1.82) is 0 Å². The summed E-state index contributed by atoms with van der Waals surface area (Å²) < 4.78 is 65.6. The summed E-state index contributed by atoms with van der Waals surface area (Å²) in [6, 6.07) is 92.5. The van der Waals surface area contributed by atoms with E-state index in [1.165, 1.54) is 0 Å². The van der Waals surface area contributed by atoms with Gasteiger partial charge < -0.3 is 18.1 Å². The highest BCUT2D eigenvalue weighted by atomic mass is 31.3.